The van der Waals surface area contributed by atoms with Crippen LogP contribution in [-0.2, 0) is 4.79 Å². The summed E-state index contributed by atoms with van der Waals surface area (Å²) in [5.41, 5.74) is 5.25. The molecule has 4 nitrogen and oxygen atoms in total. The number of thioether (sulfide) groups is 1. The Labute approximate surface area is 155 Å². The van der Waals surface area contributed by atoms with Gasteiger partial charge in [0.1, 0.15) is 0 Å². The Bertz CT molecular complexity index is 888. The fourth-order valence-electron chi connectivity index (χ4n) is 2.27. The van der Waals surface area contributed by atoms with Crippen molar-refractivity contribution in [2.24, 2.45) is 0 Å². The number of nitrogens with zero attached hydrogens (tertiary/aromatic N) is 2. The number of hydrogen-bond acceptors (Lipinski definition) is 5. The van der Waals surface area contributed by atoms with Crippen LogP contribution in [-0.4, -0.2) is 21.0 Å². The first kappa shape index (κ1) is 17.6. The number of benzene rings is 2. The topological polar surface area (TPSA) is 54.9 Å². The lowest BCUT2D eigenvalue weighted by Crippen LogP contribution is -2.14. The van der Waals surface area contributed by atoms with Crippen molar-refractivity contribution in [2.45, 2.75) is 25.1 Å². The molecule has 0 spiro atoms. The molecule has 25 heavy (non-hydrogen) atoms. The Balaban J connectivity index is 1.59. The van der Waals surface area contributed by atoms with Crippen LogP contribution in [0.15, 0.2) is 46.8 Å². The van der Waals surface area contributed by atoms with E-state index in [0.717, 1.165) is 26.7 Å². The molecular weight excluding hydrogens is 350 g/mol. The van der Waals surface area contributed by atoms with E-state index in [1.165, 1.54) is 28.9 Å². The van der Waals surface area contributed by atoms with Gasteiger partial charge in [0.05, 0.1) is 5.75 Å². The molecule has 1 aromatic heterocycles. The van der Waals surface area contributed by atoms with Gasteiger partial charge in [-0.3, -0.25) is 4.79 Å². The Kier molecular flexibility index (Phi) is 5.50. The van der Waals surface area contributed by atoms with Crippen molar-refractivity contribution in [1.82, 2.24) is 9.36 Å². The molecule has 0 atom stereocenters. The third-order valence-electron chi connectivity index (χ3n) is 3.71. The summed E-state index contributed by atoms with van der Waals surface area (Å²) >= 11 is 2.73. The maximum absolute atomic E-state index is 12.2. The zero-order valence-electron chi connectivity index (χ0n) is 14.4. The highest BCUT2D eigenvalue weighted by Crippen LogP contribution is 2.26. The molecule has 0 aliphatic heterocycles. The van der Waals surface area contributed by atoms with E-state index in [0.29, 0.717) is 11.6 Å². The van der Waals surface area contributed by atoms with Gasteiger partial charge in [-0.25, -0.2) is 4.98 Å². The summed E-state index contributed by atoms with van der Waals surface area (Å²) in [6.07, 6.45) is 0. The monoisotopic (exact) mass is 369 g/mol. The lowest BCUT2D eigenvalue weighted by molar-refractivity contribution is -0.113. The maximum atomic E-state index is 12.2. The SMILES string of the molecule is Cc1ccc(-c2nsc(SCC(=O)Nc3cc(C)ccc3C)n2)cc1. The third kappa shape index (κ3) is 4.67. The Morgan fingerprint density at radius 2 is 1.80 bits per heavy atom. The molecular formula is C19H19N3OS2. The van der Waals surface area contributed by atoms with Gasteiger partial charge >= 0.3 is 0 Å². The van der Waals surface area contributed by atoms with Gasteiger partial charge in [0, 0.05) is 11.3 Å². The van der Waals surface area contributed by atoms with Crippen molar-refractivity contribution < 1.29 is 4.79 Å². The van der Waals surface area contributed by atoms with Crippen LogP contribution >= 0.6 is 23.3 Å². The molecule has 3 aromatic rings. The number of rotatable bonds is 5. The van der Waals surface area contributed by atoms with Crippen molar-refractivity contribution in [3.63, 3.8) is 0 Å². The van der Waals surface area contributed by atoms with Gasteiger partial charge in [-0.1, -0.05) is 53.7 Å². The van der Waals surface area contributed by atoms with E-state index in [1.807, 2.05) is 63.2 Å². The highest BCUT2D eigenvalue weighted by atomic mass is 32.2. The molecule has 1 amide bonds. The standard InChI is InChI=1S/C19H19N3OS2/c1-12-5-8-15(9-6-12)18-21-19(25-22-18)24-11-17(23)20-16-10-13(2)4-7-14(16)3/h4-10H,11H2,1-3H3,(H,20,23). The molecule has 0 saturated carbocycles. The summed E-state index contributed by atoms with van der Waals surface area (Å²) in [6, 6.07) is 14.1. The molecule has 128 valence electrons. The first-order valence-corrected chi connectivity index (χ1v) is 9.68. The van der Waals surface area contributed by atoms with Crippen LogP contribution in [0.4, 0.5) is 5.69 Å². The Morgan fingerprint density at radius 1 is 1.08 bits per heavy atom. The largest absolute Gasteiger partial charge is 0.325 e. The van der Waals surface area contributed by atoms with Crippen LogP contribution in [0, 0.1) is 20.8 Å². The van der Waals surface area contributed by atoms with E-state index in [4.69, 9.17) is 0 Å². The van der Waals surface area contributed by atoms with Crippen molar-refractivity contribution in [3.8, 4) is 11.4 Å². The number of nitrogens with one attached hydrogen (secondary N) is 1. The highest BCUT2D eigenvalue weighted by Gasteiger charge is 2.10. The quantitative estimate of drug-likeness (QED) is 0.653. The lowest BCUT2D eigenvalue weighted by atomic mass is 10.1. The molecule has 0 fully saturated rings. The minimum Gasteiger partial charge on any atom is -0.325 e. The summed E-state index contributed by atoms with van der Waals surface area (Å²) in [5.74, 6) is 0.990. The molecule has 0 aliphatic carbocycles. The van der Waals surface area contributed by atoms with Gasteiger partial charge in [-0.2, -0.15) is 4.37 Å². The molecule has 1 heterocycles. The van der Waals surface area contributed by atoms with E-state index in [2.05, 4.69) is 14.7 Å². The number of aromatic nitrogens is 2. The van der Waals surface area contributed by atoms with Crippen LogP contribution in [0.2, 0.25) is 0 Å². The molecule has 2 aromatic carbocycles. The minimum atomic E-state index is -0.0363. The third-order valence-corrected chi connectivity index (χ3v) is 5.54. The zero-order valence-corrected chi connectivity index (χ0v) is 16.0. The Morgan fingerprint density at radius 3 is 2.56 bits per heavy atom. The fraction of sp³-hybridized carbons (Fsp3) is 0.211. The van der Waals surface area contributed by atoms with E-state index >= 15 is 0 Å². The second-order valence-electron chi connectivity index (χ2n) is 5.91. The highest BCUT2D eigenvalue weighted by molar-refractivity contribution is 8.01. The maximum Gasteiger partial charge on any atom is 0.234 e. The molecule has 0 saturated heterocycles. The summed E-state index contributed by atoms with van der Waals surface area (Å²) in [5, 5.41) is 2.96. The first-order valence-electron chi connectivity index (χ1n) is 7.92. The van der Waals surface area contributed by atoms with E-state index < -0.39 is 0 Å². The van der Waals surface area contributed by atoms with Crippen LogP contribution < -0.4 is 5.32 Å². The van der Waals surface area contributed by atoms with Crippen LogP contribution in [0.25, 0.3) is 11.4 Å². The summed E-state index contributed by atoms with van der Waals surface area (Å²) in [4.78, 5) is 16.7. The van der Waals surface area contributed by atoms with Crippen molar-refractivity contribution in [3.05, 3.63) is 59.2 Å². The van der Waals surface area contributed by atoms with Crippen molar-refractivity contribution in [2.75, 3.05) is 11.1 Å². The van der Waals surface area contributed by atoms with Gasteiger partial charge < -0.3 is 5.32 Å². The van der Waals surface area contributed by atoms with E-state index in [9.17, 15) is 4.79 Å². The average molecular weight is 370 g/mol. The summed E-state index contributed by atoms with van der Waals surface area (Å²) in [7, 11) is 0. The smallest absolute Gasteiger partial charge is 0.234 e. The number of anilines is 1. The number of carbonyl (C=O) groups excluding carboxylic acids is 1. The number of carbonyl (C=O) groups is 1. The predicted molar refractivity (Wildman–Crippen MR) is 105 cm³/mol. The molecule has 0 radical (unpaired) electrons. The predicted octanol–water partition coefficient (Wildman–Crippen LogP) is 4.86. The van der Waals surface area contributed by atoms with Crippen molar-refractivity contribution in [1.29, 1.82) is 0 Å². The zero-order chi connectivity index (χ0) is 17.8. The molecule has 0 aliphatic rings. The van der Waals surface area contributed by atoms with Crippen LogP contribution in [0.3, 0.4) is 0 Å². The fourth-order valence-corrected chi connectivity index (χ4v) is 3.69. The second kappa shape index (κ2) is 7.80. The van der Waals surface area contributed by atoms with Gasteiger partial charge in [0.15, 0.2) is 10.2 Å². The molecule has 1 N–H and O–H groups in total. The first-order chi connectivity index (χ1) is 12.0. The van der Waals surface area contributed by atoms with Crippen molar-refractivity contribution >= 4 is 34.9 Å². The molecule has 6 heteroatoms. The minimum absolute atomic E-state index is 0.0363. The number of hydrogen-bond donors (Lipinski definition) is 1. The van der Waals surface area contributed by atoms with Gasteiger partial charge in [-0.05, 0) is 49.5 Å². The van der Waals surface area contributed by atoms with Gasteiger partial charge in [0.2, 0.25) is 5.91 Å². The second-order valence-corrected chi connectivity index (χ2v) is 7.88. The van der Waals surface area contributed by atoms with Gasteiger partial charge in [0.25, 0.3) is 0 Å². The number of amides is 1. The normalized spacial score (nSPS) is 10.7. The van der Waals surface area contributed by atoms with E-state index in [1.54, 1.807) is 0 Å². The summed E-state index contributed by atoms with van der Waals surface area (Å²) < 4.78 is 5.18. The Hall–Kier alpha value is -2.18. The summed E-state index contributed by atoms with van der Waals surface area (Å²) in [6.45, 7) is 6.05. The number of aryl methyl sites for hydroxylation is 3. The average Bonchev–Trinajstić information content (AvgIpc) is 3.06. The van der Waals surface area contributed by atoms with Gasteiger partial charge in [-0.15, -0.1) is 0 Å². The molecule has 3 rings (SSSR count). The molecule has 0 bridgehead atoms. The lowest BCUT2D eigenvalue weighted by Gasteiger charge is -2.08. The van der Waals surface area contributed by atoms with Crippen LogP contribution in [0.1, 0.15) is 16.7 Å². The molecule has 0 unspecified atom stereocenters. The van der Waals surface area contributed by atoms with Crippen LogP contribution in [0.5, 0.6) is 0 Å². The van der Waals surface area contributed by atoms with E-state index in [-0.39, 0.29) is 5.91 Å².